The summed E-state index contributed by atoms with van der Waals surface area (Å²) in [4.78, 5) is 0.409. The van der Waals surface area contributed by atoms with Gasteiger partial charge in [-0.1, -0.05) is 6.92 Å². The smallest absolute Gasteiger partial charge is 0.200 e. The van der Waals surface area contributed by atoms with Gasteiger partial charge in [0.15, 0.2) is 0 Å². The molecule has 4 heteroatoms. The highest BCUT2D eigenvalue weighted by Crippen LogP contribution is 1.97. The number of nitrogen functional groups attached to an aromatic ring is 1. The van der Waals surface area contributed by atoms with Crippen LogP contribution in [0.25, 0.3) is 0 Å². The van der Waals surface area contributed by atoms with Gasteiger partial charge in [-0.2, -0.15) is 0 Å². The lowest BCUT2D eigenvalue weighted by molar-refractivity contribution is 0.844. The molecule has 3 nitrogen and oxygen atoms in total. The number of nitrogens with zero attached hydrogens (tertiary/aromatic N) is 1. The topological polar surface area (TPSA) is 54.8 Å². The average Bonchev–Trinajstić information content (AvgIpc) is 2.15. The van der Waals surface area contributed by atoms with E-state index in [0.717, 1.165) is 12.1 Å². The van der Waals surface area contributed by atoms with E-state index in [4.69, 9.17) is 11.3 Å². The van der Waals surface area contributed by atoms with Crippen molar-refractivity contribution < 1.29 is 0 Å². The molecule has 0 spiro atoms. The standard InChI is InChI=1S/C5H9N3S/c1-2-4-3-9-5(6)8(4)7/h3,6H,2,7H2,1H3. The summed E-state index contributed by atoms with van der Waals surface area (Å²) in [5, 5.41) is 9.11. The Morgan fingerprint density at radius 1 is 1.89 bits per heavy atom. The second-order valence-corrected chi connectivity index (χ2v) is 2.61. The zero-order chi connectivity index (χ0) is 6.85. The molecule has 0 bridgehead atoms. The van der Waals surface area contributed by atoms with Gasteiger partial charge in [-0.3, -0.25) is 5.41 Å². The van der Waals surface area contributed by atoms with Crippen LogP contribution in [0.15, 0.2) is 5.38 Å². The number of nitrogens with two attached hydrogens (primary N) is 1. The van der Waals surface area contributed by atoms with Crippen LogP contribution in [-0.4, -0.2) is 4.68 Å². The maximum absolute atomic E-state index is 7.20. The summed E-state index contributed by atoms with van der Waals surface area (Å²) in [6.45, 7) is 2.02. The summed E-state index contributed by atoms with van der Waals surface area (Å²) in [6.07, 6.45) is 0.895. The number of hydrogen-bond acceptors (Lipinski definition) is 3. The highest BCUT2D eigenvalue weighted by atomic mass is 32.1. The van der Waals surface area contributed by atoms with Crippen LogP contribution in [0.3, 0.4) is 0 Å². The molecule has 1 aromatic rings. The Labute approximate surface area is 57.2 Å². The molecule has 0 atom stereocenters. The predicted octanol–water partition coefficient (Wildman–Crippen LogP) is 0.305. The van der Waals surface area contributed by atoms with Gasteiger partial charge in [0.05, 0.1) is 5.69 Å². The number of thiazole rings is 1. The fourth-order valence-corrected chi connectivity index (χ4v) is 1.38. The van der Waals surface area contributed by atoms with E-state index in [9.17, 15) is 0 Å². The molecule has 0 fully saturated rings. The van der Waals surface area contributed by atoms with Crippen LogP contribution >= 0.6 is 11.3 Å². The molecule has 0 saturated heterocycles. The van der Waals surface area contributed by atoms with Gasteiger partial charge in [0.2, 0.25) is 4.80 Å². The highest BCUT2D eigenvalue weighted by molar-refractivity contribution is 7.07. The molecule has 1 rings (SSSR count). The molecule has 0 aromatic carbocycles. The second-order valence-electron chi connectivity index (χ2n) is 1.76. The van der Waals surface area contributed by atoms with Crippen LogP contribution in [0, 0.1) is 5.41 Å². The predicted molar refractivity (Wildman–Crippen MR) is 37.7 cm³/mol. The molecule has 0 saturated carbocycles. The SMILES string of the molecule is CCc1csc(=N)n1N. The quantitative estimate of drug-likeness (QED) is 0.546. The fourth-order valence-electron chi connectivity index (χ4n) is 0.622. The minimum atomic E-state index is 0.409. The summed E-state index contributed by atoms with van der Waals surface area (Å²) in [5.41, 5.74) is 1.02. The molecule has 3 N–H and O–H groups in total. The van der Waals surface area contributed by atoms with Gasteiger partial charge < -0.3 is 5.84 Å². The van der Waals surface area contributed by atoms with Gasteiger partial charge in [0.25, 0.3) is 0 Å². The first-order chi connectivity index (χ1) is 4.25. The average molecular weight is 143 g/mol. The zero-order valence-corrected chi connectivity index (χ0v) is 6.03. The van der Waals surface area contributed by atoms with E-state index >= 15 is 0 Å². The van der Waals surface area contributed by atoms with Gasteiger partial charge >= 0.3 is 0 Å². The van der Waals surface area contributed by atoms with Crippen molar-refractivity contribution >= 4 is 11.3 Å². The molecule has 1 aromatic heterocycles. The minimum absolute atomic E-state index is 0.409. The molecule has 50 valence electrons. The minimum Gasteiger partial charge on any atom is -0.337 e. The Bertz CT molecular complexity index is 247. The number of hydrogen-bond donors (Lipinski definition) is 2. The fraction of sp³-hybridized carbons (Fsp3) is 0.400. The van der Waals surface area contributed by atoms with Crippen molar-refractivity contribution in [2.45, 2.75) is 13.3 Å². The van der Waals surface area contributed by atoms with E-state index in [2.05, 4.69) is 0 Å². The normalized spacial score (nSPS) is 9.89. The van der Waals surface area contributed by atoms with Gasteiger partial charge in [-0.15, -0.1) is 11.3 Å². The van der Waals surface area contributed by atoms with Gasteiger partial charge in [-0.05, 0) is 6.42 Å². The molecule has 0 radical (unpaired) electrons. The number of nitrogens with one attached hydrogen (secondary N) is 1. The van der Waals surface area contributed by atoms with E-state index < -0.39 is 0 Å². The zero-order valence-electron chi connectivity index (χ0n) is 5.22. The third kappa shape index (κ3) is 0.977. The Morgan fingerprint density at radius 2 is 2.56 bits per heavy atom. The lowest BCUT2D eigenvalue weighted by atomic mass is 10.4. The first-order valence-electron chi connectivity index (χ1n) is 2.74. The van der Waals surface area contributed by atoms with E-state index in [1.807, 2.05) is 12.3 Å². The van der Waals surface area contributed by atoms with Crippen LogP contribution in [0.2, 0.25) is 0 Å². The van der Waals surface area contributed by atoms with Crippen LogP contribution in [0.5, 0.6) is 0 Å². The maximum Gasteiger partial charge on any atom is 0.200 e. The Morgan fingerprint density at radius 3 is 2.78 bits per heavy atom. The third-order valence-corrected chi connectivity index (χ3v) is 2.01. The molecule has 0 amide bonds. The monoisotopic (exact) mass is 143 g/mol. The van der Waals surface area contributed by atoms with E-state index in [1.54, 1.807) is 0 Å². The number of aryl methyl sites for hydroxylation is 1. The van der Waals surface area contributed by atoms with Crippen molar-refractivity contribution in [1.82, 2.24) is 4.68 Å². The number of aromatic nitrogens is 1. The number of rotatable bonds is 1. The molecule has 1 heterocycles. The Hall–Kier alpha value is -0.770. The van der Waals surface area contributed by atoms with Crippen molar-refractivity contribution in [2.24, 2.45) is 0 Å². The molecular weight excluding hydrogens is 134 g/mol. The third-order valence-electron chi connectivity index (χ3n) is 1.20. The summed E-state index contributed by atoms with van der Waals surface area (Å²) in [5.74, 6) is 5.45. The largest absolute Gasteiger partial charge is 0.337 e. The lowest BCUT2D eigenvalue weighted by Crippen LogP contribution is -2.23. The van der Waals surface area contributed by atoms with Crippen LogP contribution in [0.1, 0.15) is 12.6 Å². The first kappa shape index (κ1) is 6.35. The van der Waals surface area contributed by atoms with Crippen molar-refractivity contribution in [2.75, 3.05) is 5.84 Å². The Balaban J connectivity index is 3.20. The van der Waals surface area contributed by atoms with Gasteiger partial charge in [-0.25, -0.2) is 4.68 Å². The van der Waals surface area contributed by atoms with Gasteiger partial charge in [0.1, 0.15) is 0 Å². The molecule has 0 aliphatic rings. The van der Waals surface area contributed by atoms with E-state index in [1.165, 1.54) is 16.0 Å². The van der Waals surface area contributed by atoms with Crippen molar-refractivity contribution in [3.05, 3.63) is 15.9 Å². The molecular formula is C5H9N3S. The van der Waals surface area contributed by atoms with Crippen molar-refractivity contribution in [3.8, 4) is 0 Å². The molecule has 9 heavy (non-hydrogen) atoms. The molecule has 0 aliphatic carbocycles. The van der Waals surface area contributed by atoms with Crippen LogP contribution in [-0.2, 0) is 6.42 Å². The van der Waals surface area contributed by atoms with Crippen LogP contribution < -0.4 is 10.6 Å². The maximum atomic E-state index is 7.20. The Kier molecular flexibility index (Phi) is 1.57. The highest BCUT2D eigenvalue weighted by Gasteiger charge is 1.95. The molecule has 0 unspecified atom stereocenters. The second kappa shape index (κ2) is 2.23. The summed E-state index contributed by atoms with van der Waals surface area (Å²) in [6, 6.07) is 0. The van der Waals surface area contributed by atoms with E-state index in [-0.39, 0.29) is 0 Å². The summed E-state index contributed by atoms with van der Waals surface area (Å²) < 4.78 is 1.41. The molecule has 0 aliphatic heterocycles. The summed E-state index contributed by atoms with van der Waals surface area (Å²) >= 11 is 1.36. The van der Waals surface area contributed by atoms with Gasteiger partial charge in [0, 0.05) is 5.38 Å². The van der Waals surface area contributed by atoms with Crippen molar-refractivity contribution in [1.29, 1.82) is 5.41 Å². The van der Waals surface area contributed by atoms with E-state index in [0.29, 0.717) is 4.80 Å². The first-order valence-corrected chi connectivity index (χ1v) is 3.62. The lowest BCUT2D eigenvalue weighted by Gasteiger charge is -1.94. The van der Waals surface area contributed by atoms with Crippen LogP contribution in [0.4, 0.5) is 0 Å². The summed E-state index contributed by atoms with van der Waals surface area (Å²) in [7, 11) is 0. The van der Waals surface area contributed by atoms with Crippen molar-refractivity contribution in [3.63, 3.8) is 0 Å².